The van der Waals surface area contributed by atoms with Gasteiger partial charge in [-0.3, -0.25) is 9.11 Å². The molecule has 0 saturated carbocycles. The highest BCUT2D eigenvalue weighted by atomic mass is 35.5. The van der Waals surface area contributed by atoms with E-state index >= 15 is 0 Å². The number of nitrogens with zero attached hydrogens (tertiary/aromatic N) is 1. The van der Waals surface area contributed by atoms with E-state index < -0.39 is 16.2 Å². The van der Waals surface area contributed by atoms with Gasteiger partial charge in [-0.15, -0.1) is 12.4 Å². The average Bonchev–Trinajstić information content (AvgIpc) is 2.56. The quantitative estimate of drug-likeness (QED) is 0.637. The van der Waals surface area contributed by atoms with E-state index in [4.69, 9.17) is 4.74 Å². The molecule has 1 atom stereocenters. The summed E-state index contributed by atoms with van der Waals surface area (Å²) in [5, 5.41) is 3.08. The number of para-hydroxylation sites is 2. The number of nitrogens with one attached hydrogen (secondary N) is 1. The molecule has 1 aliphatic rings. The minimum Gasteiger partial charge on any atom is -0.467 e. The van der Waals surface area contributed by atoms with Gasteiger partial charge in [-0.05, 0) is 51.2 Å². The summed E-state index contributed by atoms with van der Waals surface area (Å²) < 4.78 is 29.5. The maximum Gasteiger partial charge on any atom is 0.206 e. The number of halogens is 1. The molecule has 0 aromatic heterocycles. The summed E-state index contributed by atoms with van der Waals surface area (Å²) in [6, 6.07) is 15.3. The first-order valence-electron chi connectivity index (χ1n) is 8.08. The maximum absolute atomic E-state index is 11.0. The fourth-order valence-corrected chi connectivity index (χ4v) is 4.65. The van der Waals surface area contributed by atoms with Gasteiger partial charge in [0.2, 0.25) is 5.44 Å². The molecule has 0 spiro atoms. The number of ether oxygens (including phenoxy) is 1. The molecule has 25 heavy (non-hydrogen) atoms. The van der Waals surface area contributed by atoms with Crippen molar-refractivity contribution in [1.29, 1.82) is 0 Å². The average molecular weight is 385 g/mol. The van der Waals surface area contributed by atoms with Gasteiger partial charge in [0.05, 0.1) is 5.69 Å². The summed E-state index contributed by atoms with van der Waals surface area (Å²) in [4.78, 5) is 0. The lowest BCUT2D eigenvalue weighted by molar-refractivity contribution is 0.235. The minimum atomic E-state index is -3.14. The number of anilines is 2. The van der Waals surface area contributed by atoms with Crippen molar-refractivity contribution in [2.24, 2.45) is 0 Å². The van der Waals surface area contributed by atoms with E-state index in [1.54, 1.807) is 4.31 Å². The van der Waals surface area contributed by atoms with Crippen LogP contribution in [0.1, 0.15) is 18.4 Å². The number of rotatable bonds is 5. The zero-order valence-corrected chi connectivity index (χ0v) is 16.0. The second kappa shape index (κ2) is 8.29. The maximum atomic E-state index is 11.0. The summed E-state index contributed by atoms with van der Waals surface area (Å²) >= 11 is 0. The molecule has 1 aliphatic heterocycles. The molecule has 1 heterocycles. The molecule has 138 valence electrons. The molecule has 5 nitrogen and oxygen atoms in total. The van der Waals surface area contributed by atoms with Crippen molar-refractivity contribution in [3.63, 3.8) is 0 Å². The zero-order valence-electron chi connectivity index (χ0n) is 14.4. The summed E-state index contributed by atoms with van der Waals surface area (Å²) in [7, 11) is -1.26. The van der Waals surface area contributed by atoms with Crippen molar-refractivity contribution < 1.29 is 13.8 Å². The topological polar surface area (TPSA) is 65.0 Å². The van der Waals surface area contributed by atoms with Crippen LogP contribution in [0.15, 0.2) is 48.5 Å². The largest absolute Gasteiger partial charge is 0.467 e. The van der Waals surface area contributed by atoms with E-state index in [-0.39, 0.29) is 12.4 Å². The molecule has 2 aromatic carbocycles. The van der Waals surface area contributed by atoms with Crippen LogP contribution >= 0.6 is 23.2 Å². The van der Waals surface area contributed by atoms with Crippen LogP contribution in [-0.2, 0) is 0 Å². The molecule has 0 bridgehead atoms. The molecule has 7 heteroatoms. The van der Waals surface area contributed by atoms with Crippen molar-refractivity contribution >= 4 is 34.6 Å². The highest BCUT2D eigenvalue weighted by Gasteiger charge is 2.40. The third kappa shape index (κ3) is 4.04. The third-order valence-electron chi connectivity index (χ3n) is 4.10. The Morgan fingerprint density at radius 3 is 2.48 bits per heavy atom. The van der Waals surface area contributed by atoms with E-state index in [2.05, 4.69) is 5.32 Å². The highest BCUT2D eigenvalue weighted by Crippen LogP contribution is 2.61. The predicted octanol–water partition coefficient (Wildman–Crippen LogP) is 4.94. The Hall–Kier alpha value is -1.44. The van der Waals surface area contributed by atoms with E-state index in [1.807, 2.05) is 62.5 Å². The second-order valence-corrected chi connectivity index (χ2v) is 7.97. The lowest BCUT2D eigenvalue weighted by Gasteiger charge is -2.51. The fraction of sp³-hybridized carbons (Fsp3) is 0.333. The Morgan fingerprint density at radius 1 is 1.12 bits per heavy atom. The van der Waals surface area contributed by atoms with Crippen LogP contribution in [0.3, 0.4) is 0 Å². The molecule has 1 unspecified atom stereocenters. The predicted molar refractivity (Wildman–Crippen MR) is 107 cm³/mol. The van der Waals surface area contributed by atoms with Crippen LogP contribution in [0, 0.1) is 6.92 Å². The summed E-state index contributed by atoms with van der Waals surface area (Å²) in [5.74, 6) is 0.679. The summed E-state index contributed by atoms with van der Waals surface area (Å²) in [5.41, 5.74) is 1.92. The van der Waals surface area contributed by atoms with E-state index in [0.29, 0.717) is 17.9 Å². The van der Waals surface area contributed by atoms with Gasteiger partial charge >= 0.3 is 0 Å². The van der Waals surface area contributed by atoms with Gasteiger partial charge in [-0.2, -0.15) is 0 Å². The molecule has 2 aromatic rings. The Labute approximate surface area is 156 Å². The van der Waals surface area contributed by atoms with Gasteiger partial charge < -0.3 is 10.1 Å². The molecular weight excluding hydrogens is 360 g/mol. The molecule has 0 fully saturated rings. The molecule has 0 saturated heterocycles. The van der Waals surface area contributed by atoms with Crippen LogP contribution in [0.25, 0.3) is 0 Å². The van der Waals surface area contributed by atoms with Crippen molar-refractivity contribution in [2.45, 2.75) is 25.2 Å². The van der Waals surface area contributed by atoms with Crippen molar-refractivity contribution in [3.05, 3.63) is 54.1 Å². The van der Waals surface area contributed by atoms with Gasteiger partial charge in [-0.1, -0.05) is 40.6 Å². The van der Waals surface area contributed by atoms with Gasteiger partial charge in [0.25, 0.3) is 0 Å². The van der Waals surface area contributed by atoms with E-state index in [9.17, 15) is 9.11 Å². The van der Waals surface area contributed by atoms with Crippen LogP contribution in [0.2, 0.25) is 0 Å². The number of benzene rings is 2. The van der Waals surface area contributed by atoms with Crippen LogP contribution < -0.4 is 14.4 Å². The molecule has 3 N–H and O–H groups in total. The lowest BCUT2D eigenvalue weighted by atomic mass is 10.2. The Balaban J connectivity index is 0.00000225. The van der Waals surface area contributed by atoms with E-state index in [1.165, 1.54) is 0 Å². The zero-order chi connectivity index (χ0) is 17.2. The number of hydrogen-bond acceptors (Lipinski definition) is 5. The molecular formula is C18H25ClN2O3S. The normalized spacial score (nSPS) is 19.4. The van der Waals surface area contributed by atoms with Crippen LogP contribution in [-0.4, -0.2) is 28.1 Å². The molecule has 0 radical (unpaired) electrons. The van der Waals surface area contributed by atoms with Crippen molar-refractivity contribution in [3.8, 4) is 5.75 Å². The number of fused-ring (bicyclic) bond motifs is 1. The van der Waals surface area contributed by atoms with Gasteiger partial charge in [0.15, 0.2) is 0 Å². The molecule has 3 rings (SSSR count). The molecule has 0 aliphatic carbocycles. The third-order valence-corrected chi connectivity index (χ3v) is 6.08. The van der Waals surface area contributed by atoms with Gasteiger partial charge in [0, 0.05) is 6.42 Å². The smallest absolute Gasteiger partial charge is 0.206 e. The van der Waals surface area contributed by atoms with Crippen molar-refractivity contribution in [1.82, 2.24) is 5.32 Å². The summed E-state index contributed by atoms with van der Waals surface area (Å²) in [6.07, 6.45) is 1.38. The fourth-order valence-electron chi connectivity index (χ4n) is 2.83. The van der Waals surface area contributed by atoms with Crippen LogP contribution in [0.4, 0.5) is 11.4 Å². The van der Waals surface area contributed by atoms with E-state index in [0.717, 1.165) is 24.2 Å². The monoisotopic (exact) mass is 384 g/mol. The Bertz CT molecular complexity index is 697. The first kappa shape index (κ1) is 19.9. The first-order valence-corrected chi connectivity index (χ1v) is 9.65. The van der Waals surface area contributed by atoms with Crippen LogP contribution in [0.5, 0.6) is 5.75 Å². The second-order valence-electron chi connectivity index (χ2n) is 5.95. The highest BCUT2D eigenvalue weighted by molar-refractivity contribution is 8.26. The Kier molecular flexibility index (Phi) is 6.59. The van der Waals surface area contributed by atoms with Crippen molar-refractivity contribution in [2.75, 3.05) is 17.9 Å². The van der Waals surface area contributed by atoms with Gasteiger partial charge in [-0.25, -0.2) is 4.31 Å². The minimum absolute atomic E-state index is 0. The number of hydrogen-bond donors (Lipinski definition) is 3. The SMILES string of the molecule is CNCCCC1Oc2ccccc2N(c2ccc(C)cc2)S1(O)O.Cl. The first-order chi connectivity index (χ1) is 11.5. The summed E-state index contributed by atoms with van der Waals surface area (Å²) in [6.45, 7) is 2.82. The standard InChI is InChI=1S/C18H24N2O3S.ClH/c1-14-9-11-15(12-10-14)20-16-6-3-4-7-17(16)23-18(24(20,21)22)8-5-13-19-2;/h3-4,6-7,9-12,18-19,21-22H,5,8,13H2,1-2H3;1H. The Morgan fingerprint density at radius 2 is 1.80 bits per heavy atom. The molecule has 0 amide bonds. The lowest BCUT2D eigenvalue weighted by Crippen LogP contribution is -2.39. The number of aryl methyl sites for hydroxylation is 1. The van der Waals surface area contributed by atoms with Gasteiger partial charge in [0.1, 0.15) is 11.4 Å².